The molecule has 1 amide bonds. The number of carbonyl (C=O) groups is 1. The van der Waals surface area contributed by atoms with E-state index in [-0.39, 0.29) is 5.91 Å². The maximum absolute atomic E-state index is 11.5. The van der Waals surface area contributed by atoms with Gasteiger partial charge in [-0.05, 0) is 24.3 Å². The monoisotopic (exact) mass is 251 g/mol. The number of anilines is 1. The van der Waals surface area contributed by atoms with E-state index in [9.17, 15) is 4.79 Å². The summed E-state index contributed by atoms with van der Waals surface area (Å²) in [4.78, 5) is 11.5. The fourth-order valence-electron chi connectivity index (χ4n) is 2.04. The Morgan fingerprint density at radius 1 is 1.29 bits per heavy atom. The summed E-state index contributed by atoms with van der Waals surface area (Å²) in [5.41, 5.74) is 1.39. The Morgan fingerprint density at radius 3 is 2.82 bits per heavy atom. The molecule has 1 N–H and O–H groups in total. The molecule has 0 saturated carbocycles. The van der Waals surface area contributed by atoms with Crippen LogP contribution in [0.1, 0.15) is 5.56 Å². The second-order valence-corrected chi connectivity index (χ2v) is 4.31. The molecule has 3 rings (SSSR count). The summed E-state index contributed by atoms with van der Waals surface area (Å²) in [7, 11) is 0. The topological polar surface area (TPSA) is 47.6 Å². The maximum atomic E-state index is 11.5. The molecule has 5 heteroatoms. The van der Waals surface area contributed by atoms with Gasteiger partial charge in [0, 0.05) is 16.7 Å². The van der Waals surface area contributed by atoms with Crippen molar-refractivity contribution >= 4 is 23.2 Å². The molecule has 1 aromatic rings. The highest BCUT2D eigenvalue weighted by atomic mass is 35.5. The molecule has 4 nitrogen and oxygen atoms in total. The molecule has 0 atom stereocenters. The predicted octanol–water partition coefficient (Wildman–Crippen LogP) is 2.05. The summed E-state index contributed by atoms with van der Waals surface area (Å²) in [6.07, 6.45) is 3.04. The largest absolute Gasteiger partial charge is 0.340 e. The zero-order valence-electron chi connectivity index (χ0n) is 8.90. The summed E-state index contributed by atoms with van der Waals surface area (Å²) in [6.45, 7) is 0.981. The molecule has 1 aromatic carbocycles. The van der Waals surface area contributed by atoms with Gasteiger partial charge in [0.2, 0.25) is 11.7 Å². The minimum atomic E-state index is -0.987. The number of amides is 1. The van der Waals surface area contributed by atoms with Gasteiger partial charge in [-0.2, -0.15) is 0 Å². The molecule has 0 aromatic heterocycles. The minimum absolute atomic E-state index is 0.204. The summed E-state index contributed by atoms with van der Waals surface area (Å²) in [6, 6.07) is 5.21. The van der Waals surface area contributed by atoms with Crippen molar-refractivity contribution in [2.75, 3.05) is 18.5 Å². The SMILES string of the molecule is O=C1C=CC2(OCCO2)c2cc(Cl)ccc2N1. The molecule has 88 valence electrons. The van der Waals surface area contributed by atoms with E-state index in [1.54, 1.807) is 24.3 Å². The van der Waals surface area contributed by atoms with E-state index in [2.05, 4.69) is 5.32 Å². The van der Waals surface area contributed by atoms with Crippen LogP contribution in [0, 0.1) is 0 Å². The molecule has 1 saturated heterocycles. The smallest absolute Gasteiger partial charge is 0.248 e. The van der Waals surface area contributed by atoms with Crippen LogP contribution in [0.5, 0.6) is 0 Å². The highest BCUT2D eigenvalue weighted by Crippen LogP contribution is 2.40. The molecule has 2 aliphatic rings. The van der Waals surface area contributed by atoms with Crippen molar-refractivity contribution in [3.63, 3.8) is 0 Å². The molecule has 0 bridgehead atoms. The lowest BCUT2D eigenvalue weighted by Crippen LogP contribution is -2.24. The van der Waals surface area contributed by atoms with Crippen LogP contribution in [-0.2, 0) is 20.1 Å². The van der Waals surface area contributed by atoms with Gasteiger partial charge in [-0.1, -0.05) is 11.6 Å². The third-order valence-corrected chi connectivity index (χ3v) is 3.02. The second-order valence-electron chi connectivity index (χ2n) is 3.88. The zero-order chi connectivity index (χ0) is 11.9. The number of hydrogen-bond donors (Lipinski definition) is 1. The number of carbonyl (C=O) groups excluding carboxylic acids is 1. The maximum Gasteiger partial charge on any atom is 0.248 e. The third-order valence-electron chi connectivity index (χ3n) is 2.79. The van der Waals surface area contributed by atoms with E-state index in [1.807, 2.05) is 0 Å². The van der Waals surface area contributed by atoms with Crippen molar-refractivity contribution in [3.05, 3.63) is 40.9 Å². The first-order chi connectivity index (χ1) is 8.20. The number of ether oxygens (including phenoxy) is 2. The van der Waals surface area contributed by atoms with Gasteiger partial charge in [0.15, 0.2) is 0 Å². The van der Waals surface area contributed by atoms with Gasteiger partial charge in [-0.25, -0.2) is 0 Å². The second kappa shape index (κ2) is 3.84. The highest BCUT2D eigenvalue weighted by molar-refractivity contribution is 6.30. The van der Waals surface area contributed by atoms with Crippen molar-refractivity contribution in [2.24, 2.45) is 0 Å². The Bertz CT molecular complexity index is 506. The Kier molecular flexibility index (Phi) is 2.43. The summed E-state index contributed by atoms with van der Waals surface area (Å²) < 4.78 is 11.3. The molecule has 1 fully saturated rings. The van der Waals surface area contributed by atoms with E-state index >= 15 is 0 Å². The lowest BCUT2D eigenvalue weighted by Gasteiger charge is -2.25. The average molecular weight is 252 g/mol. The van der Waals surface area contributed by atoms with Crippen LogP contribution in [0.15, 0.2) is 30.4 Å². The summed E-state index contributed by atoms with van der Waals surface area (Å²) in [5.74, 6) is -1.19. The van der Waals surface area contributed by atoms with Gasteiger partial charge >= 0.3 is 0 Å². The number of fused-ring (bicyclic) bond motifs is 2. The van der Waals surface area contributed by atoms with Crippen LogP contribution in [0.25, 0.3) is 0 Å². The molecule has 0 unspecified atom stereocenters. The Morgan fingerprint density at radius 2 is 2.06 bits per heavy atom. The molecule has 0 aliphatic carbocycles. The van der Waals surface area contributed by atoms with Gasteiger partial charge in [0.1, 0.15) is 0 Å². The van der Waals surface area contributed by atoms with Crippen molar-refractivity contribution in [1.29, 1.82) is 0 Å². The van der Waals surface area contributed by atoms with E-state index in [1.165, 1.54) is 6.08 Å². The van der Waals surface area contributed by atoms with Crippen LogP contribution in [-0.4, -0.2) is 19.1 Å². The van der Waals surface area contributed by atoms with E-state index in [0.717, 1.165) is 5.56 Å². The van der Waals surface area contributed by atoms with Crippen molar-refractivity contribution < 1.29 is 14.3 Å². The summed E-state index contributed by atoms with van der Waals surface area (Å²) in [5, 5.41) is 3.33. The van der Waals surface area contributed by atoms with E-state index in [4.69, 9.17) is 21.1 Å². The fraction of sp³-hybridized carbons (Fsp3) is 0.250. The van der Waals surface area contributed by atoms with E-state index in [0.29, 0.717) is 23.9 Å². The lowest BCUT2D eigenvalue weighted by molar-refractivity contribution is -0.123. The highest BCUT2D eigenvalue weighted by Gasteiger charge is 2.39. The standard InChI is InChI=1S/C12H10ClNO3/c13-8-1-2-10-9(7-8)12(16-5-6-17-12)4-3-11(15)14-10/h1-4,7H,5-6H2,(H,14,15). The Hall–Kier alpha value is -1.36. The molecule has 0 radical (unpaired) electrons. The lowest BCUT2D eigenvalue weighted by atomic mass is 10.0. The first kappa shape index (κ1) is 10.8. The van der Waals surface area contributed by atoms with Crippen molar-refractivity contribution in [3.8, 4) is 0 Å². The number of rotatable bonds is 0. The Labute approximate surface area is 103 Å². The quantitative estimate of drug-likeness (QED) is 0.768. The molecule has 2 aliphatic heterocycles. The van der Waals surface area contributed by atoms with Gasteiger partial charge < -0.3 is 14.8 Å². The first-order valence-electron chi connectivity index (χ1n) is 5.28. The molecule has 1 spiro atoms. The molecule has 17 heavy (non-hydrogen) atoms. The van der Waals surface area contributed by atoms with Crippen LogP contribution < -0.4 is 5.32 Å². The minimum Gasteiger partial charge on any atom is -0.340 e. The number of nitrogens with one attached hydrogen (secondary N) is 1. The third kappa shape index (κ3) is 1.74. The number of halogens is 1. The van der Waals surface area contributed by atoms with Gasteiger partial charge in [-0.15, -0.1) is 0 Å². The average Bonchev–Trinajstić information content (AvgIpc) is 2.73. The van der Waals surface area contributed by atoms with Crippen LogP contribution in [0.2, 0.25) is 5.02 Å². The van der Waals surface area contributed by atoms with Crippen molar-refractivity contribution in [2.45, 2.75) is 5.79 Å². The number of hydrogen-bond acceptors (Lipinski definition) is 3. The van der Waals surface area contributed by atoms with Crippen LogP contribution in [0.4, 0.5) is 5.69 Å². The summed E-state index contributed by atoms with van der Waals surface area (Å²) >= 11 is 5.98. The van der Waals surface area contributed by atoms with E-state index < -0.39 is 5.79 Å². The fourth-order valence-corrected chi connectivity index (χ4v) is 2.22. The molecular formula is C12H10ClNO3. The zero-order valence-corrected chi connectivity index (χ0v) is 9.66. The van der Waals surface area contributed by atoms with Gasteiger partial charge in [0.05, 0.1) is 18.9 Å². The molecule has 2 heterocycles. The van der Waals surface area contributed by atoms with Crippen molar-refractivity contribution in [1.82, 2.24) is 0 Å². The first-order valence-corrected chi connectivity index (χ1v) is 5.66. The normalized spacial score (nSPS) is 21.1. The predicted molar refractivity (Wildman–Crippen MR) is 62.8 cm³/mol. The van der Waals surface area contributed by atoms with Crippen LogP contribution >= 0.6 is 11.6 Å². The Balaban J connectivity index is 2.20. The van der Waals surface area contributed by atoms with Crippen LogP contribution in [0.3, 0.4) is 0 Å². The van der Waals surface area contributed by atoms with Gasteiger partial charge in [-0.3, -0.25) is 4.79 Å². The number of benzene rings is 1. The van der Waals surface area contributed by atoms with Gasteiger partial charge in [0.25, 0.3) is 0 Å². The molecular weight excluding hydrogens is 242 g/mol.